The van der Waals surface area contributed by atoms with Crippen LogP contribution in [0.4, 0.5) is 0 Å². The summed E-state index contributed by atoms with van der Waals surface area (Å²) in [6, 6.07) is 14.5. The van der Waals surface area contributed by atoms with Crippen molar-refractivity contribution in [3.05, 3.63) is 76.6 Å². The lowest BCUT2D eigenvalue weighted by molar-refractivity contribution is -0.130. The molecule has 1 aliphatic rings. The van der Waals surface area contributed by atoms with Gasteiger partial charge in [0.1, 0.15) is 5.75 Å². The minimum Gasteiger partial charge on any atom is -0.503 e. The SMILES string of the molecule is COc1ccc(CN2C(=O)C(O)=C(C(=O)C(C)C)C2c2cccc(C)c2)cc1. The Morgan fingerprint density at radius 2 is 1.86 bits per heavy atom. The quantitative estimate of drug-likeness (QED) is 0.820. The van der Waals surface area contributed by atoms with E-state index in [1.54, 1.807) is 25.9 Å². The van der Waals surface area contributed by atoms with Crippen LogP contribution < -0.4 is 4.74 Å². The number of methoxy groups -OCH3 is 1. The summed E-state index contributed by atoms with van der Waals surface area (Å²) in [4.78, 5) is 27.3. The Morgan fingerprint density at radius 1 is 1.18 bits per heavy atom. The molecule has 0 aromatic heterocycles. The normalized spacial score (nSPS) is 16.8. The molecule has 0 fully saturated rings. The van der Waals surface area contributed by atoms with Crippen LogP contribution in [0.15, 0.2) is 59.9 Å². The lowest BCUT2D eigenvalue weighted by Gasteiger charge is -2.27. The molecule has 0 aliphatic carbocycles. The number of aryl methyl sites for hydroxylation is 1. The number of carbonyl (C=O) groups is 2. The van der Waals surface area contributed by atoms with E-state index in [1.807, 2.05) is 55.5 Å². The van der Waals surface area contributed by atoms with Gasteiger partial charge in [-0.1, -0.05) is 55.8 Å². The van der Waals surface area contributed by atoms with Crippen molar-refractivity contribution in [1.29, 1.82) is 0 Å². The summed E-state index contributed by atoms with van der Waals surface area (Å²) in [5.74, 6) is -0.777. The highest BCUT2D eigenvalue weighted by Gasteiger charge is 2.43. The van der Waals surface area contributed by atoms with E-state index in [2.05, 4.69) is 0 Å². The molecule has 0 radical (unpaired) electrons. The summed E-state index contributed by atoms with van der Waals surface area (Å²) in [6.07, 6.45) is 0. The van der Waals surface area contributed by atoms with Gasteiger partial charge in [0, 0.05) is 12.5 Å². The summed E-state index contributed by atoms with van der Waals surface area (Å²) in [5, 5.41) is 10.6. The summed E-state index contributed by atoms with van der Waals surface area (Å²) in [7, 11) is 1.60. The van der Waals surface area contributed by atoms with Gasteiger partial charge >= 0.3 is 0 Å². The van der Waals surface area contributed by atoms with E-state index in [-0.39, 0.29) is 23.8 Å². The molecule has 3 rings (SSSR count). The number of ketones is 1. The second kappa shape index (κ2) is 7.89. The maximum atomic E-state index is 12.9. The van der Waals surface area contributed by atoms with Crippen LogP contribution in [0.3, 0.4) is 0 Å². The Morgan fingerprint density at radius 3 is 2.43 bits per heavy atom. The predicted molar refractivity (Wildman–Crippen MR) is 107 cm³/mol. The molecule has 1 atom stereocenters. The van der Waals surface area contributed by atoms with Crippen molar-refractivity contribution in [3.63, 3.8) is 0 Å². The third kappa shape index (κ3) is 3.65. The highest BCUT2D eigenvalue weighted by Crippen LogP contribution is 2.40. The minimum absolute atomic E-state index is 0.180. The average molecular weight is 379 g/mol. The summed E-state index contributed by atoms with van der Waals surface area (Å²) in [6.45, 7) is 5.78. The van der Waals surface area contributed by atoms with Crippen molar-refractivity contribution >= 4 is 11.7 Å². The third-order valence-electron chi connectivity index (χ3n) is 4.96. The summed E-state index contributed by atoms with van der Waals surface area (Å²) >= 11 is 0. The number of Topliss-reactive ketones (excluding diaryl/α,β-unsaturated/α-hetero) is 1. The maximum Gasteiger partial charge on any atom is 0.290 e. The minimum atomic E-state index is -0.607. The molecule has 2 aromatic rings. The van der Waals surface area contributed by atoms with E-state index >= 15 is 0 Å². The molecule has 0 bridgehead atoms. The van der Waals surface area contributed by atoms with Gasteiger partial charge in [0.25, 0.3) is 5.91 Å². The molecule has 146 valence electrons. The van der Waals surface area contributed by atoms with Gasteiger partial charge in [-0.25, -0.2) is 0 Å². The van der Waals surface area contributed by atoms with Gasteiger partial charge in [-0.15, -0.1) is 0 Å². The molecular formula is C23H25NO4. The van der Waals surface area contributed by atoms with Crippen LogP contribution >= 0.6 is 0 Å². The lowest BCUT2D eigenvalue weighted by atomic mass is 9.90. The second-order valence-corrected chi connectivity index (χ2v) is 7.38. The number of benzene rings is 2. The van der Waals surface area contributed by atoms with Crippen molar-refractivity contribution in [3.8, 4) is 5.75 Å². The van der Waals surface area contributed by atoms with Gasteiger partial charge in [0.05, 0.1) is 18.7 Å². The third-order valence-corrected chi connectivity index (χ3v) is 4.96. The number of aliphatic hydroxyl groups excluding tert-OH is 1. The maximum absolute atomic E-state index is 12.9. The molecule has 0 spiro atoms. The Labute approximate surface area is 165 Å². The lowest BCUT2D eigenvalue weighted by Crippen LogP contribution is -2.31. The van der Waals surface area contributed by atoms with E-state index in [9.17, 15) is 14.7 Å². The first-order valence-electron chi connectivity index (χ1n) is 9.31. The highest BCUT2D eigenvalue weighted by molar-refractivity contribution is 6.09. The zero-order valence-electron chi connectivity index (χ0n) is 16.6. The van der Waals surface area contributed by atoms with Gasteiger partial charge in [-0.3, -0.25) is 9.59 Å². The van der Waals surface area contributed by atoms with Crippen molar-refractivity contribution in [1.82, 2.24) is 4.90 Å². The zero-order chi connectivity index (χ0) is 20.4. The molecule has 0 saturated carbocycles. The standard InChI is InChI=1S/C23H25NO4/c1-14(2)21(25)19-20(17-7-5-6-15(3)12-17)24(23(27)22(19)26)13-16-8-10-18(28-4)11-9-16/h5-12,14,20,26H,13H2,1-4H3. The molecule has 28 heavy (non-hydrogen) atoms. The van der Waals surface area contributed by atoms with Crippen molar-refractivity contribution in [2.24, 2.45) is 5.92 Å². The van der Waals surface area contributed by atoms with Crippen molar-refractivity contribution in [2.45, 2.75) is 33.4 Å². The first-order valence-corrected chi connectivity index (χ1v) is 9.31. The van der Waals surface area contributed by atoms with Gasteiger partial charge in [0.15, 0.2) is 11.5 Å². The molecule has 1 N–H and O–H groups in total. The van der Waals surface area contributed by atoms with Crippen LogP contribution in [0, 0.1) is 12.8 Å². The Kier molecular flexibility index (Phi) is 5.54. The van der Waals surface area contributed by atoms with Crippen molar-refractivity contribution < 1.29 is 19.4 Å². The number of carbonyl (C=O) groups excluding carboxylic acids is 2. The van der Waals surface area contributed by atoms with Gasteiger partial charge in [-0.2, -0.15) is 0 Å². The van der Waals surface area contributed by atoms with Crippen LogP contribution in [-0.2, 0) is 16.1 Å². The monoisotopic (exact) mass is 379 g/mol. The van der Waals surface area contributed by atoms with Gasteiger partial charge < -0.3 is 14.7 Å². The fraction of sp³-hybridized carbons (Fsp3) is 0.304. The van der Waals surface area contributed by atoms with Crippen LogP contribution in [-0.4, -0.2) is 28.8 Å². The second-order valence-electron chi connectivity index (χ2n) is 7.38. The number of amides is 1. The molecular weight excluding hydrogens is 354 g/mol. The number of ether oxygens (including phenoxy) is 1. The fourth-order valence-electron chi connectivity index (χ4n) is 3.49. The molecule has 1 unspecified atom stereocenters. The number of nitrogens with zero attached hydrogens (tertiary/aromatic N) is 1. The number of hydrogen-bond acceptors (Lipinski definition) is 4. The smallest absolute Gasteiger partial charge is 0.290 e. The van der Waals surface area contributed by atoms with Crippen LogP contribution in [0.25, 0.3) is 0 Å². The van der Waals surface area contributed by atoms with E-state index in [4.69, 9.17) is 4.74 Å². The van der Waals surface area contributed by atoms with Gasteiger partial charge in [-0.05, 0) is 30.2 Å². The Hall–Kier alpha value is -3.08. The molecule has 1 aliphatic heterocycles. The van der Waals surface area contributed by atoms with E-state index < -0.39 is 17.7 Å². The van der Waals surface area contributed by atoms with E-state index in [0.717, 1.165) is 22.4 Å². The zero-order valence-corrected chi connectivity index (χ0v) is 16.6. The number of aliphatic hydroxyl groups is 1. The number of hydrogen-bond donors (Lipinski definition) is 1. The first-order chi connectivity index (χ1) is 13.3. The van der Waals surface area contributed by atoms with Crippen molar-refractivity contribution in [2.75, 3.05) is 7.11 Å². The summed E-state index contributed by atoms with van der Waals surface area (Å²) in [5.41, 5.74) is 2.91. The van der Waals surface area contributed by atoms with Crippen LogP contribution in [0.2, 0.25) is 0 Å². The Bertz CT molecular complexity index is 928. The highest BCUT2D eigenvalue weighted by atomic mass is 16.5. The van der Waals surface area contributed by atoms with Crippen LogP contribution in [0.5, 0.6) is 5.75 Å². The Balaban J connectivity index is 2.04. The average Bonchev–Trinajstić information content (AvgIpc) is 2.92. The molecule has 1 amide bonds. The van der Waals surface area contributed by atoms with Gasteiger partial charge in [0.2, 0.25) is 0 Å². The predicted octanol–water partition coefficient (Wildman–Crippen LogP) is 4.12. The fourth-order valence-corrected chi connectivity index (χ4v) is 3.49. The first kappa shape index (κ1) is 19.7. The molecule has 5 heteroatoms. The molecule has 2 aromatic carbocycles. The summed E-state index contributed by atoms with van der Waals surface area (Å²) < 4.78 is 5.18. The molecule has 0 saturated heterocycles. The largest absolute Gasteiger partial charge is 0.503 e. The number of rotatable bonds is 6. The van der Waals surface area contributed by atoms with E-state index in [0.29, 0.717) is 0 Å². The molecule has 5 nitrogen and oxygen atoms in total. The van der Waals surface area contributed by atoms with E-state index in [1.165, 1.54) is 0 Å². The molecule has 1 heterocycles. The van der Waals surface area contributed by atoms with Crippen LogP contribution in [0.1, 0.15) is 36.6 Å². The topological polar surface area (TPSA) is 66.8 Å².